The molecule has 1 saturated heterocycles. The molecule has 0 aliphatic carbocycles. The molecule has 1 N–H and O–H groups in total. The van der Waals surface area contributed by atoms with Crippen LogP contribution in [0.4, 0.5) is 0 Å². The van der Waals surface area contributed by atoms with E-state index < -0.39 is 0 Å². The molecule has 1 atom stereocenters. The second-order valence-corrected chi connectivity index (χ2v) is 6.46. The van der Waals surface area contributed by atoms with Crippen molar-refractivity contribution in [2.45, 2.75) is 52.4 Å². The third-order valence-electron chi connectivity index (χ3n) is 4.69. The number of carbonyl (C=O) groups is 1. The Kier molecular flexibility index (Phi) is 4.50. The van der Waals surface area contributed by atoms with Gasteiger partial charge in [-0.2, -0.15) is 5.10 Å². The van der Waals surface area contributed by atoms with E-state index >= 15 is 0 Å². The van der Waals surface area contributed by atoms with Crippen LogP contribution in [0.25, 0.3) is 0 Å². The molecule has 3 rings (SSSR count). The number of amides is 1. The Labute approximate surface area is 136 Å². The summed E-state index contributed by atoms with van der Waals surface area (Å²) in [4.78, 5) is 14.5. The van der Waals surface area contributed by atoms with E-state index in [4.69, 9.17) is 4.52 Å². The molecule has 1 aliphatic rings. The number of aryl methyl sites for hydroxylation is 3. The van der Waals surface area contributed by atoms with Crippen LogP contribution in [0.3, 0.4) is 0 Å². The van der Waals surface area contributed by atoms with E-state index in [9.17, 15) is 4.79 Å². The highest BCUT2D eigenvalue weighted by Crippen LogP contribution is 2.26. The fraction of sp³-hybridized carbons (Fsp3) is 0.588. The first-order valence-electron chi connectivity index (χ1n) is 8.26. The number of rotatable bonds is 4. The van der Waals surface area contributed by atoms with Crippen molar-refractivity contribution >= 4 is 5.91 Å². The van der Waals surface area contributed by atoms with Gasteiger partial charge in [-0.05, 0) is 46.1 Å². The molecular weight excluding hydrogens is 292 g/mol. The zero-order chi connectivity index (χ0) is 16.4. The number of nitrogens with one attached hydrogen (secondary N) is 1. The molecule has 0 spiro atoms. The second-order valence-electron chi connectivity index (χ2n) is 6.46. The molecule has 23 heavy (non-hydrogen) atoms. The van der Waals surface area contributed by atoms with Crippen LogP contribution in [-0.2, 0) is 11.2 Å². The van der Waals surface area contributed by atoms with E-state index in [-0.39, 0.29) is 5.91 Å². The van der Waals surface area contributed by atoms with Gasteiger partial charge in [0.1, 0.15) is 5.76 Å². The van der Waals surface area contributed by atoms with Crippen LogP contribution in [0.5, 0.6) is 0 Å². The van der Waals surface area contributed by atoms with Gasteiger partial charge in [-0.25, -0.2) is 0 Å². The van der Waals surface area contributed by atoms with Gasteiger partial charge < -0.3 is 9.42 Å². The Morgan fingerprint density at radius 2 is 2.26 bits per heavy atom. The highest BCUT2D eigenvalue weighted by atomic mass is 16.5. The van der Waals surface area contributed by atoms with Gasteiger partial charge in [0, 0.05) is 36.7 Å². The molecule has 3 heterocycles. The standard InChI is InChI=1S/C17H24N4O2/c1-11-9-16(19-18-11)14-5-4-8-21(10-14)17(22)7-6-15-12(2)20-23-13(15)3/h9,14H,4-8,10H2,1-3H3,(H,18,19)/t14-/m0/s1. The third-order valence-corrected chi connectivity index (χ3v) is 4.69. The number of likely N-dealkylation sites (tertiary alicyclic amines) is 1. The summed E-state index contributed by atoms with van der Waals surface area (Å²) >= 11 is 0. The van der Waals surface area contributed by atoms with E-state index in [0.29, 0.717) is 18.8 Å². The smallest absolute Gasteiger partial charge is 0.222 e. The molecular formula is C17H24N4O2. The summed E-state index contributed by atoms with van der Waals surface area (Å²) in [6, 6.07) is 2.09. The van der Waals surface area contributed by atoms with Crippen molar-refractivity contribution in [3.05, 3.63) is 34.5 Å². The van der Waals surface area contributed by atoms with Crippen LogP contribution >= 0.6 is 0 Å². The number of H-pyrrole nitrogens is 1. The van der Waals surface area contributed by atoms with Gasteiger partial charge in [-0.3, -0.25) is 9.89 Å². The topological polar surface area (TPSA) is 75.0 Å². The van der Waals surface area contributed by atoms with Gasteiger partial charge in [0.25, 0.3) is 0 Å². The monoisotopic (exact) mass is 316 g/mol. The Morgan fingerprint density at radius 3 is 2.91 bits per heavy atom. The number of carbonyl (C=O) groups excluding carboxylic acids is 1. The third kappa shape index (κ3) is 3.46. The maximum absolute atomic E-state index is 12.5. The van der Waals surface area contributed by atoms with Gasteiger partial charge in [0.2, 0.25) is 5.91 Å². The molecule has 2 aromatic heterocycles. The molecule has 0 radical (unpaired) electrons. The van der Waals surface area contributed by atoms with E-state index in [1.54, 1.807) is 0 Å². The van der Waals surface area contributed by atoms with Gasteiger partial charge in [-0.15, -0.1) is 0 Å². The maximum Gasteiger partial charge on any atom is 0.222 e. The van der Waals surface area contributed by atoms with E-state index in [1.165, 1.54) is 0 Å². The molecule has 0 bridgehead atoms. The molecule has 6 nitrogen and oxygen atoms in total. The van der Waals surface area contributed by atoms with Crippen molar-refractivity contribution in [2.75, 3.05) is 13.1 Å². The van der Waals surface area contributed by atoms with Crippen LogP contribution in [0, 0.1) is 20.8 Å². The first-order valence-corrected chi connectivity index (χ1v) is 8.26. The summed E-state index contributed by atoms with van der Waals surface area (Å²) in [5.41, 5.74) is 4.10. The summed E-state index contributed by atoms with van der Waals surface area (Å²) in [5.74, 6) is 1.37. The van der Waals surface area contributed by atoms with Crippen LogP contribution < -0.4 is 0 Å². The van der Waals surface area contributed by atoms with Crippen LogP contribution in [0.15, 0.2) is 10.6 Å². The predicted molar refractivity (Wildman–Crippen MR) is 86.2 cm³/mol. The number of nitrogens with zero attached hydrogens (tertiary/aromatic N) is 3. The molecule has 0 aromatic carbocycles. The zero-order valence-electron chi connectivity index (χ0n) is 14.1. The van der Waals surface area contributed by atoms with Crippen molar-refractivity contribution in [1.82, 2.24) is 20.3 Å². The van der Waals surface area contributed by atoms with Crippen molar-refractivity contribution < 1.29 is 9.32 Å². The number of hydrogen-bond acceptors (Lipinski definition) is 4. The summed E-state index contributed by atoms with van der Waals surface area (Å²) in [6.07, 6.45) is 3.34. The Morgan fingerprint density at radius 1 is 1.43 bits per heavy atom. The molecule has 6 heteroatoms. The minimum absolute atomic E-state index is 0.210. The largest absolute Gasteiger partial charge is 0.361 e. The fourth-order valence-corrected chi connectivity index (χ4v) is 3.34. The summed E-state index contributed by atoms with van der Waals surface area (Å²) in [5, 5.41) is 11.3. The SMILES string of the molecule is Cc1cc([C@H]2CCCN(C(=O)CCc3c(C)noc3C)C2)n[nH]1. The average molecular weight is 316 g/mol. The van der Waals surface area contributed by atoms with Gasteiger partial charge in [0.05, 0.1) is 11.4 Å². The fourth-order valence-electron chi connectivity index (χ4n) is 3.34. The number of hydrogen-bond donors (Lipinski definition) is 1. The minimum Gasteiger partial charge on any atom is -0.361 e. The van der Waals surface area contributed by atoms with E-state index in [2.05, 4.69) is 21.4 Å². The van der Waals surface area contributed by atoms with Crippen molar-refractivity contribution in [3.8, 4) is 0 Å². The number of aromatic amines is 1. The summed E-state index contributed by atoms with van der Waals surface area (Å²) in [6.45, 7) is 7.45. The Bertz CT molecular complexity index is 669. The second kappa shape index (κ2) is 6.56. The van der Waals surface area contributed by atoms with E-state index in [1.807, 2.05) is 25.7 Å². The molecule has 1 aliphatic heterocycles. The molecule has 0 unspecified atom stereocenters. The normalized spacial score (nSPS) is 18.4. The molecule has 0 saturated carbocycles. The Balaban J connectivity index is 1.59. The minimum atomic E-state index is 0.210. The number of piperidine rings is 1. The lowest BCUT2D eigenvalue weighted by atomic mass is 9.94. The van der Waals surface area contributed by atoms with Gasteiger partial charge in [-0.1, -0.05) is 5.16 Å². The Hall–Kier alpha value is -2.11. The average Bonchev–Trinajstić information content (AvgIpc) is 3.12. The first kappa shape index (κ1) is 15.8. The van der Waals surface area contributed by atoms with Crippen molar-refractivity contribution in [3.63, 3.8) is 0 Å². The molecule has 1 amide bonds. The van der Waals surface area contributed by atoms with Crippen molar-refractivity contribution in [1.29, 1.82) is 0 Å². The van der Waals surface area contributed by atoms with Gasteiger partial charge >= 0.3 is 0 Å². The predicted octanol–water partition coefficient (Wildman–Crippen LogP) is 2.66. The molecule has 1 fully saturated rings. The lowest BCUT2D eigenvalue weighted by molar-refractivity contribution is -0.132. The molecule has 2 aromatic rings. The number of aromatic nitrogens is 3. The maximum atomic E-state index is 12.5. The van der Waals surface area contributed by atoms with Crippen LogP contribution in [-0.4, -0.2) is 39.3 Å². The highest BCUT2D eigenvalue weighted by molar-refractivity contribution is 5.76. The van der Waals surface area contributed by atoms with E-state index in [0.717, 1.165) is 54.3 Å². The summed E-state index contributed by atoms with van der Waals surface area (Å²) in [7, 11) is 0. The lowest BCUT2D eigenvalue weighted by Crippen LogP contribution is -2.39. The van der Waals surface area contributed by atoms with Gasteiger partial charge in [0.15, 0.2) is 0 Å². The zero-order valence-corrected chi connectivity index (χ0v) is 14.1. The van der Waals surface area contributed by atoms with Crippen LogP contribution in [0.1, 0.15) is 53.6 Å². The lowest BCUT2D eigenvalue weighted by Gasteiger charge is -2.32. The van der Waals surface area contributed by atoms with Crippen LogP contribution in [0.2, 0.25) is 0 Å². The van der Waals surface area contributed by atoms with Crippen molar-refractivity contribution in [2.24, 2.45) is 0 Å². The quantitative estimate of drug-likeness (QED) is 0.941. The summed E-state index contributed by atoms with van der Waals surface area (Å²) < 4.78 is 5.16. The molecule has 124 valence electrons. The highest BCUT2D eigenvalue weighted by Gasteiger charge is 2.26. The first-order chi connectivity index (χ1) is 11.0.